The number of anilines is 1. The summed E-state index contributed by atoms with van der Waals surface area (Å²) in [7, 11) is 0. The maximum absolute atomic E-state index is 12.9. The third kappa shape index (κ3) is 3.72. The van der Waals surface area contributed by atoms with Gasteiger partial charge < -0.3 is 10.1 Å². The fraction of sp³-hybridized carbons (Fsp3) is 0. The Labute approximate surface area is 153 Å². The van der Waals surface area contributed by atoms with Crippen molar-refractivity contribution in [3.8, 4) is 11.6 Å². The van der Waals surface area contributed by atoms with Crippen LogP contribution < -0.4 is 10.1 Å². The van der Waals surface area contributed by atoms with Crippen molar-refractivity contribution in [1.82, 2.24) is 15.0 Å². The van der Waals surface area contributed by atoms with E-state index in [1.165, 1.54) is 12.1 Å². The molecule has 7 heteroatoms. The molecule has 3 aromatic heterocycles. The van der Waals surface area contributed by atoms with E-state index in [2.05, 4.69) is 20.3 Å². The van der Waals surface area contributed by atoms with Crippen LogP contribution in [0.1, 0.15) is 10.5 Å². The molecule has 0 saturated carbocycles. The van der Waals surface area contributed by atoms with Crippen molar-refractivity contribution in [1.29, 1.82) is 0 Å². The van der Waals surface area contributed by atoms with Gasteiger partial charge in [0.25, 0.3) is 5.91 Å². The lowest BCUT2D eigenvalue weighted by molar-refractivity contribution is 0.102. The lowest BCUT2D eigenvalue weighted by Gasteiger charge is -2.09. The number of nitrogens with zero attached hydrogens (tertiary/aromatic N) is 3. The van der Waals surface area contributed by atoms with Crippen molar-refractivity contribution in [3.63, 3.8) is 0 Å². The maximum Gasteiger partial charge on any atom is 0.274 e. The third-order valence-electron chi connectivity index (χ3n) is 3.81. The predicted molar refractivity (Wildman–Crippen MR) is 98.2 cm³/mol. The van der Waals surface area contributed by atoms with Crippen LogP contribution in [0.25, 0.3) is 10.8 Å². The van der Waals surface area contributed by atoms with Gasteiger partial charge >= 0.3 is 0 Å². The van der Waals surface area contributed by atoms with Crippen LogP contribution in [-0.4, -0.2) is 20.9 Å². The minimum absolute atomic E-state index is 0.132. The van der Waals surface area contributed by atoms with E-state index in [0.29, 0.717) is 17.3 Å². The quantitative estimate of drug-likeness (QED) is 0.590. The number of fused-ring (bicyclic) bond motifs is 1. The zero-order valence-electron chi connectivity index (χ0n) is 14.0. The lowest BCUT2D eigenvalue weighted by Crippen LogP contribution is -2.13. The molecule has 0 bridgehead atoms. The fourth-order valence-electron chi connectivity index (χ4n) is 2.53. The van der Waals surface area contributed by atoms with Gasteiger partial charge in [0.15, 0.2) is 0 Å². The van der Waals surface area contributed by atoms with Crippen molar-refractivity contribution in [3.05, 3.63) is 84.8 Å². The third-order valence-corrected chi connectivity index (χ3v) is 3.81. The van der Waals surface area contributed by atoms with E-state index in [-0.39, 0.29) is 5.69 Å². The molecule has 1 N–H and O–H groups in total. The molecule has 3 heterocycles. The Bertz CT molecular complexity index is 1100. The number of hydrogen-bond donors (Lipinski definition) is 1. The summed E-state index contributed by atoms with van der Waals surface area (Å²) >= 11 is 0. The molecule has 4 aromatic rings. The number of rotatable bonds is 4. The molecule has 27 heavy (non-hydrogen) atoms. The van der Waals surface area contributed by atoms with Gasteiger partial charge in [0, 0.05) is 29.7 Å². The summed E-state index contributed by atoms with van der Waals surface area (Å²) < 4.78 is 18.7. The molecular weight excluding hydrogens is 347 g/mol. The number of hydrogen-bond acceptors (Lipinski definition) is 5. The van der Waals surface area contributed by atoms with Gasteiger partial charge in [-0.3, -0.25) is 9.78 Å². The molecule has 132 valence electrons. The number of amides is 1. The van der Waals surface area contributed by atoms with Crippen molar-refractivity contribution in [2.24, 2.45) is 0 Å². The molecule has 6 nitrogen and oxygen atoms in total. The Balaban J connectivity index is 1.59. The second-order valence-electron chi connectivity index (χ2n) is 5.65. The van der Waals surface area contributed by atoms with Gasteiger partial charge in [-0.2, -0.15) is 0 Å². The average molecular weight is 360 g/mol. The first-order chi connectivity index (χ1) is 13.2. The standard InChI is InChI=1S/C20H13FN4O2/c21-14-1-4-18(24-12-14)19(26)25-15-2-3-17-13(11-15)5-10-23-20(17)27-16-6-8-22-9-7-16/h1-12H,(H,25,26). The Hall–Kier alpha value is -3.87. The Kier molecular flexibility index (Phi) is 4.40. The van der Waals surface area contributed by atoms with Crippen LogP contribution >= 0.6 is 0 Å². The van der Waals surface area contributed by atoms with Crippen molar-refractivity contribution >= 4 is 22.4 Å². The van der Waals surface area contributed by atoms with Crippen LogP contribution in [0.3, 0.4) is 0 Å². The molecule has 0 radical (unpaired) electrons. The molecule has 1 aromatic carbocycles. The van der Waals surface area contributed by atoms with Gasteiger partial charge in [0.1, 0.15) is 17.3 Å². The number of nitrogens with one attached hydrogen (secondary N) is 1. The maximum atomic E-state index is 12.9. The Morgan fingerprint density at radius 3 is 2.59 bits per heavy atom. The van der Waals surface area contributed by atoms with Gasteiger partial charge in [-0.15, -0.1) is 0 Å². The number of carbonyl (C=O) groups excluding carboxylic acids is 1. The van der Waals surface area contributed by atoms with E-state index in [9.17, 15) is 9.18 Å². The Morgan fingerprint density at radius 2 is 1.81 bits per heavy atom. The molecule has 0 spiro atoms. The van der Waals surface area contributed by atoms with Gasteiger partial charge in [-0.05, 0) is 53.9 Å². The second-order valence-corrected chi connectivity index (χ2v) is 5.65. The molecule has 0 saturated heterocycles. The molecule has 4 rings (SSSR count). The van der Waals surface area contributed by atoms with Crippen LogP contribution in [0.5, 0.6) is 11.6 Å². The molecule has 1 amide bonds. The highest BCUT2D eigenvalue weighted by atomic mass is 19.1. The first kappa shape index (κ1) is 16.6. The van der Waals surface area contributed by atoms with E-state index in [1.807, 2.05) is 12.1 Å². The summed E-state index contributed by atoms with van der Waals surface area (Å²) in [5.74, 6) is 0.171. The SMILES string of the molecule is O=C(Nc1ccc2c(Oc3ccncc3)nccc2c1)c1ccc(F)cn1. The number of ether oxygens (including phenoxy) is 1. The highest BCUT2D eigenvalue weighted by molar-refractivity contribution is 6.04. The van der Waals surface area contributed by atoms with Crippen molar-refractivity contribution < 1.29 is 13.9 Å². The van der Waals surface area contributed by atoms with Crippen molar-refractivity contribution in [2.45, 2.75) is 0 Å². The number of aromatic nitrogens is 3. The number of halogens is 1. The van der Waals surface area contributed by atoms with Crippen LogP contribution in [-0.2, 0) is 0 Å². The molecule has 0 aliphatic carbocycles. The predicted octanol–water partition coefficient (Wildman–Crippen LogP) is 4.21. The summed E-state index contributed by atoms with van der Waals surface area (Å²) in [6.45, 7) is 0. The summed E-state index contributed by atoms with van der Waals surface area (Å²) in [6, 6.07) is 13.2. The molecule has 0 aliphatic rings. The van der Waals surface area contributed by atoms with E-state index < -0.39 is 11.7 Å². The minimum atomic E-state index is -0.494. The smallest absolute Gasteiger partial charge is 0.274 e. The summed E-state index contributed by atoms with van der Waals surface area (Å²) in [6.07, 6.45) is 5.91. The topological polar surface area (TPSA) is 77.0 Å². The zero-order chi connectivity index (χ0) is 18.6. The van der Waals surface area contributed by atoms with Crippen LogP contribution in [0, 0.1) is 5.82 Å². The van der Waals surface area contributed by atoms with Gasteiger partial charge in [-0.25, -0.2) is 14.4 Å². The average Bonchev–Trinajstić information content (AvgIpc) is 2.69. The molecule has 0 atom stereocenters. The van der Waals surface area contributed by atoms with E-state index >= 15 is 0 Å². The monoisotopic (exact) mass is 360 g/mol. The normalized spacial score (nSPS) is 10.6. The minimum Gasteiger partial charge on any atom is -0.438 e. The summed E-state index contributed by atoms with van der Waals surface area (Å²) in [5, 5.41) is 4.39. The van der Waals surface area contributed by atoms with Crippen molar-refractivity contribution in [2.75, 3.05) is 5.32 Å². The van der Waals surface area contributed by atoms with Crippen LogP contribution in [0.15, 0.2) is 73.3 Å². The number of pyridine rings is 3. The summed E-state index contributed by atoms with van der Waals surface area (Å²) in [5.41, 5.74) is 0.715. The first-order valence-corrected chi connectivity index (χ1v) is 8.08. The number of benzene rings is 1. The Morgan fingerprint density at radius 1 is 0.963 bits per heavy atom. The van der Waals surface area contributed by atoms with Crippen LogP contribution in [0.4, 0.5) is 10.1 Å². The summed E-state index contributed by atoms with van der Waals surface area (Å²) in [4.78, 5) is 24.2. The molecule has 0 fully saturated rings. The highest BCUT2D eigenvalue weighted by Gasteiger charge is 2.10. The first-order valence-electron chi connectivity index (χ1n) is 8.08. The molecular formula is C20H13FN4O2. The fourth-order valence-corrected chi connectivity index (χ4v) is 2.53. The van der Waals surface area contributed by atoms with Gasteiger partial charge in [0.2, 0.25) is 5.88 Å². The van der Waals surface area contributed by atoms with Gasteiger partial charge in [0.05, 0.1) is 6.20 Å². The van der Waals surface area contributed by atoms with Crippen LogP contribution in [0.2, 0.25) is 0 Å². The lowest BCUT2D eigenvalue weighted by atomic mass is 10.1. The van der Waals surface area contributed by atoms with E-state index in [4.69, 9.17) is 4.74 Å². The molecule has 0 aliphatic heterocycles. The largest absolute Gasteiger partial charge is 0.438 e. The zero-order valence-corrected chi connectivity index (χ0v) is 14.0. The highest BCUT2D eigenvalue weighted by Crippen LogP contribution is 2.29. The second kappa shape index (κ2) is 7.17. The van der Waals surface area contributed by atoms with E-state index in [0.717, 1.165) is 17.0 Å². The molecule has 0 unspecified atom stereocenters. The number of carbonyl (C=O) groups is 1. The van der Waals surface area contributed by atoms with Gasteiger partial charge in [-0.1, -0.05) is 0 Å². The van der Waals surface area contributed by atoms with E-state index in [1.54, 1.807) is 42.9 Å².